The molecule has 0 saturated carbocycles. The predicted molar refractivity (Wildman–Crippen MR) is 124 cm³/mol. The predicted octanol–water partition coefficient (Wildman–Crippen LogP) is 1.63. The van der Waals surface area contributed by atoms with Crippen LogP contribution in [0.5, 0.6) is 23.0 Å². The lowest BCUT2D eigenvalue weighted by Gasteiger charge is -2.19. The van der Waals surface area contributed by atoms with Gasteiger partial charge in [0.1, 0.15) is 19.7 Å². The highest BCUT2D eigenvalue weighted by Gasteiger charge is 2.29. The molecule has 172 valence electrons. The standard InChI is InChI=1S/C27H28NO4.HI/c1-3-28-12-11-21-15-26-27(32-18-31-26)16-22(21)23(28)13-20-9-10-24(29-2)25(14-20)30-17-19-7-5-4-6-8-19;/h4-10,14-16H,3,11-13,17-18H2,1-2H3;1H/q+1;/p-1. The van der Waals surface area contributed by atoms with Gasteiger partial charge in [-0.1, -0.05) is 36.4 Å². The summed E-state index contributed by atoms with van der Waals surface area (Å²) < 4.78 is 25.4. The molecular weight excluding hydrogens is 529 g/mol. The number of likely N-dealkylation sites (N-methyl/N-ethyl adjacent to an activating group) is 1. The fourth-order valence-corrected chi connectivity index (χ4v) is 4.45. The Morgan fingerprint density at radius 2 is 1.70 bits per heavy atom. The van der Waals surface area contributed by atoms with Crippen LogP contribution in [0.4, 0.5) is 0 Å². The molecule has 0 bridgehead atoms. The first kappa shape index (κ1) is 23.4. The summed E-state index contributed by atoms with van der Waals surface area (Å²) in [6, 6.07) is 20.7. The maximum atomic E-state index is 6.14. The van der Waals surface area contributed by atoms with Crippen LogP contribution >= 0.6 is 0 Å². The van der Waals surface area contributed by atoms with E-state index in [9.17, 15) is 0 Å². The molecule has 3 aromatic rings. The summed E-state index contributed by atoms with van der Waals surface area (Å²) in [4.78, 5) is 0. The van der Waals surface area contributed by atoms with E-state index in [1.54, 1.807) is 7.11 Å². The third-order valence-corrected chi connectivity index (χ3v) is 6.16. The van der Waals surface area contributed by atoms with Gasteiger partial charge < -0.3 is 42.9 Å². The Kier molecular flexibility index (Phi) is 7.42. The molecule has 5 nitrogen and oxygen atoms in total. The van der Waals surface area contributed by atoms with Gasteiger partial charge in [-0.05, 0) is 47.9 Å². The van der Waals surface area contributed by atoms with Gasteiger partial charge in [-0.25, -0.2) is 4.58 Å². The number of hydrogen-bond acceptors (Lipinski definition) is 4. The SMILES string of the molecule is CC[N+]1=C(Cc2ccc(OC)c(OCc3ccccc3)c2)c2cc3c(cc2CC1)OCO3.[I-]. The van der Waals surface area contributed by atoms with Gasteiger partial charge in [-0.2, -0.15) is 0 Å². The van der Waals surface area contributed by atoms with Gasteiger partial charge in [0.2, 0.25) is 6.79 Å². The first-order valence-corrected chi connectivity index (χ1v) is 11.1. The van der Waals surface area contributed by atoms with E-state index in [0.717, 1.165) is 54.5 Å². The molecule has 0 fully saturated rings. The molecule has 0 N–H and O–H groups in total. The van der Waals surface area contributed by atoms with E-state index >= 15 is 0 Å². The van der Waals surface area contributed by atoms with E-state index < -0.39 is 0 Å². The number of benzene rings is 3. The summed E-state index contributed by atoms with van der Waals surface area (Å²) in [5.74, 6) is 3.20. The number of rotatable bonds is 7. The van der Waals surface area contributed by atoms with Crippen molar-refractivity contribution in [3.63, 3.8) is 0 Å². The van der Waals surface area contributed by atoms with Crippen LogP contribution < -0.4 is 42.9 Å². The van der Waals surface area contributed by atoms with E-state index in [-0.39, 0.29) is 24.0 Å². The van der Waals surface area contributed by atoms with Crippen LogP contribution in [0.25, 0.3) is 0 Å². The molecule has 0 atom stereocenters. The van der Waals surface area contributed by atoms with Crippen LogP contribution in [0.1, 0.15) is 29.2 Å². The van der Waals surface area contributed by atoms with Gasteiger partial charge >= 0.3 is 0 Å². The Bertz CT molecular complexity index is 1160. The molecular formula is C27H28INO4. The molecule has 0 amide bonds. The second-order valence-electron chi connectivity index (χ2n) is 8.08. The second-order valence-corrected chi connectivity index (χ2v) is 8.08. The lowest BCUT2D eigenvalue weighted by atomic mass is 9.92. The first-order valence-electron chi connectivity index (χ1n) is 11.1. The van der Waals surface area contributed by atoms with Crippen molar-refractivity contribution in [3.8, 4) is 23.0 Å². The van der Waals surface area contributed by atoms with Gasteiger partial charge in [0.05, 0.1) is 13.5 Å². The van der Waals surface area contributed by atoms with Crippen LogP contribution in [0.15, 0.2) is 60.7 Å². The summed E-state index contributed by atoms with van der Waals surface area (Å²) in [6.07, 6.45) is 1.82. The summed E-state index contributed by atoms with van der Waals surface area (Å²) in [6.45, 7) is 4.99. The second kappa shape index (κ2) is 10.5. The van der Waals surface area contributed by atoms with Crippen LogP contribution in [0.3, 0.4) is 0 Å². The molecule has 0 saturated heterocycles. The molecule has 0 unspecified atom stereocenters. The van der Waals surface area contributed by atoms with Gasteiger partial charge in [-0.15, -0.1) is 0 Å². The summed E-state index contributed by atoms with van der Waals surface area (Å²) in [5.41, 5.74) is 6.20. The maximum absolute atomic E-state index is 6.14. The van der Waals surface area contributed by atoms with Gasteiger partial charge in [0.15, 0.2) is 28.7 Å². The zero-order valence-corrected chi connectivity index (χ0v) is 21.1. The smallest absolute Gasteiger partial charge is 0.231 e. The van der Waals surface area contributed by atoms with Crippen LogP contribution in [0.2, 0.25) is 0 Å². The Hall–Kier alpha value is -2.74. The number of nitrogens with zero attached hydrogens (tertiary/aromatic N) is 1. The average molecular weight is 557 g/mol. The topological polar surface area (TPSA) is 39.9 Å². The van der Waals surface area contributed by atoms with Gasteiger partial charge in [-0.3, -0.25) is 0 Å². The van der Waals surface area contributed by atoms with E-state index in [1.807, 2.05) is 24.3 Å². The monoisotopic (exact) mass is 557 g/mol. The van der Waals surface area contributed by atoms with Crippen molar-refractivity contribution in [2.75, 3.05) is 27.0 Å². The van der Waals surface area contributed by atoms with Crippen molar-refractivity contribution in [1.29, 1.82) is 0 Å². The quantitative estimate of drug-likeness (QED) is 0.327. The van der Waals surface area contributed by atoms with E-state index in [4.69, 9.17) is 18.9 Å². The molecule has 6 heteroatoms. The van der Waals surface area contributed by atoms with Crippen LogP contribution in [-0.2, 0) is 19.4 Å². The Labute approximate surface area is 212 Å². The van der Waals surface area contributed by atoms with Crippen molar-refractivity contribution in [1.82, 2.24) is 0 Å². The van der Waals surface area contributed by atoms with E-state index in [0.29, 0.717) is 13.4 Å². The Morgan fingerprint density at radius 1 is 0.909 bits per heavy atom. The Morgan fingerprint density at radius 3 is 2.45 bits per heavy atom. The molecule has 0 spiro atoms. The number of hydrogen-bond donors (Lipinski definition) is 0. The maximum Gasteiger partial charge on any atom is 0.231 e. The van der Waals surface area contributed by atoms with Crippen LogP contribution in [-0.4, -0.2) is 37.3 Å². The normalized spacial score (nSPS) is 13.9. The highest BCUT2D eigenvalue weighted by atomic mass is 127. The van der Waals surface area contributed by atoms with Crippen molar-refractivity contribution < 1.29 is 47.5 Å². The number of methoxy groups -OCH3 is 1. The van der Waals surface area contributed by atoms with Crippen molar-refractivity contribution in [2.24, 2.45) is 0 Å². The molecule has 2 heterocycles. The highest BCUT2D eigenvalue weighted by molar-refractivity contribution is 6.01. The van der Waals surface area contributed by atoms with Crippen molar-refractivity contribution in [3.05, 3.63) is 82.9 Å². The average Bonchev–Trinajstić information content (AvgIpc) is 3.30. The molecule has 0 aromatic heterocycles. The molecule has 3 aromatic carbocycles. The van der Waals surface area contributed by atoms with Crippen LogP contribution in [0, 0.1) is 0 Å². The first-order chi connectivity index (χ1) is 15.7. The lowest BCUT2D eigenvalue weighted by molar-refractivity contribution is -0.525. The van der Waals surface area contributed by atoms with E-state index in [2.05, 4.69) is 47.9 Å². The van der Waals surface area contributed by atoms with Gasteiger partial charge in [0, 0.05) is 12.0 Å². The van der Waals surface area contributed by atoms with Crippen molar-refractivity contribution in [2.45, 2.75) is 26.4 Å². The minimum Gasteiger partial charge on any atom is -1.00 e. The van der Waals surface area contributed by atoms with E-state index in [1.165, 1.54) is 22.4 Å². The zero-order valence-electron chi connectivity index (χ0n) is 19.0. The summed E-state index contributed by atoms with van der Waals surface area (Å²) in [5, 5.41) is 0. The molecule has 0 radical (unpaired) electrons. The number of halogens is 1. The molecule has 5 rings (SSSR count). The zero-order chi connectivity index (χ0) is 21.9. The summed E-state index contributed by atoms with van der Waals surface area (Å²) in [7, 11) is 1.68. The lowest BCUT2D eigenvalue weighted by Crippen LogP contribution is -3.00. The molecule has 0 aliphatic carbocycles. The molecule has 33 heavy (non-hydrogen) atoms. The fraction of sp³-hybridized carbons (Fsp3) is 0.296. The largest absolute Gasteiger partial charge is 1.00 e. The number of ether oxygens (including phenoxy) is 4. The third kappa shape index (κ3) is 4.95. The highest BCUT2D eigenvalue weighted by Crippen LogP contribution is 2.37. The minimum atomic E-state index is 0. The molecule has 2 aliphatic heterocycles. The Balaban J connectivity index is 0.00000259. The van der Waals surface area contributed by atoms with Gasteiger partial charge in [0.25, 0.3) is 0 Å². The summed E-state index contributed by atoms with van der Waals surface area (Å²) >= 11 is 0. The van der Waals surface area contributed by atoms with Crippen molar-refractivity contribution >= 4 is 5.71 Å². The number of fused-ring (bicyclic) bond motifs is 2. The minimum absolute atomic E-state index is 0. The molecule has 2 aliphatic rings. The third-order valence-electron chi connectivity index (χ3n) is 6.16. The fourth-order valence-electron chi connectivity index (χ4n) is 4.45.